The van der Waals surface area contributed by atoms with Crippen molar-refractivity contribution in [3.05, 3.63) is 0 Å². The highest BCUT2D eigenvalue weighted by Gasteiger charge is 2.42. The van der Waals surface area contributed by atoms with Crippen molar-refractivity contribution in [1.29, 1.82) is 0 Å². The van der Waals surface area contributed by atoms with Gasteiger partial charge in [0.1, 0.15) is 0 Å². The van der Waals surface area contributed by atoms with Crippen LogP contribution in [0.25, 0.3) is 0 Å². The third-order valence-corrected chi connectivity index (χ3v) is 6.08. The number of hydrogen-bond donors (Lipinski definition) is 0. The van der Waals surface area contributed by atoms with Crippen LogP contribution in [-0.4, -0.2) is 12.2 Å². The maximum Gasteiger partial charge on any atom is 0.0654 e. The van der Waals surface area contributed by atoms with Crippen molar-refractivity contribution < 1.29 is 4.74 Å². The Kier molecular flexibility index (Phi) is 6.21. The van der Waals surface area contributed by atoms with Crippen LogP contribution in [0.1, 0.15) is 101 Å². The van der Waals surface area contributed by atoms with Gasteiger partial charge in [0.25, 0.3) is 0 Å². The van der Waals surface area contributed by atoms with Gasteiger partial charge in [0.15, 0.2) is 0 Å². The van der Waals surface area contributed by atoms with E-state index in [1.807, 2.05) is 0 Å². The van der Waals surface area contributed by atoms with Gasteiger partial charge in [-0.05, 0) is 55.3 Å². The van der Waals surface area contributed by atoms with Crippen LogP contribution in [0.15, 0.2) is 0 Å². The molecule has 0 bridgehead atoms. The van der Waals surface area contributed by atoms with E-state index in [2.05, 4.69) is 62.3 Å². The summed E-state index contributed by atoms with van der Waals surface area (Å²) in [7, 11) is 0. The number of rotatable bonds is 5. The first kappa shape index (κ1) is 20.0. The molecule has 0 spiro atoms. The Hall–Kier alpha value is -0.0400. The van der Waals surface area contributed by atoms with Crippen LogP contribution in [-0.2, 0) is 4.74 Å². The molecule has 1 nitrogen and oxygen atoms in total. The van der Waals surface area contributed by atoms with Gasteiger partial charge in [0.05, 0.1) is 12.2 Å². The summed E-state index contributed by atoms with van der Waals surface area (Å²) >= 11 is 0. The fourth-order valence-electron chi connectivity index (χ4n) is 3.96. The fraction of sp³-hybridized carbons (Fsp3) is 1.00. The first-order chi connectivity index (χ1) is 9.77. The van der Waals surface area contributed by atoms with Gasteiger partial charge < -0.3 is 4.74 Å². The van der Waals surface area contributed by atoms with Gasteiger partial charge in [-0.25, -0.2) is 0 Å². The number of ether oxygens (including phenoxy) is 1. The minimum atomic E-state index is 0.0187. The Bertz CT molecular complexity index is 336. The lowest BCUT2D eigenvalue weighted by atomic mass is 9.61. The molecule has 1 unspecified atom stereocenters. The largest absolute Gasteiger partial charge is 0.375 e. The summed E-state index contributed by atoms with van der Waals surface area (Å²) in [5.41, 5.74) is 0.811. The van der Waals surface area contributed by atoms with Crippen molar-refractivity contribution in [2.75, 3.05) is 6.61 Å². The molecule has 0 aromatic rings. The second kappa shape index (κ2) is 6.83. The topological polar surface area (TPSA) is 9.23 Å². The standard InChI is InChI=1S/C21H42O/c1-18(2,3)15-21(9,19(4,5)6)16-22-20(7,8)17-13-11-10-12-14-17/h17H,10-16H2,1-9H3. The van der Waals surface area contributed by atoms with Gasteiger partial charge in [-0.15, -0.1) is 0 Å². The highest BCUT2D eigenvalue weighted by atomic mass is 16.5. The average Bonchev–Trinajstić information content (AvgIpc) is 2.34. The highest BCUT2D eigenvalue weighted by molar-refractivity contribution is 4.91. The molecule has 0 N–H and O–H groups in total. The zero-order chi connectivity index (χ0) is 17.2. The minimum absolute atomic E-state index is 0.0187. The SMILES string of the molecule is CC(C)(C)CC(C)(COC(C)(C)C1CCCCC1)C(C)(C)C. The van der Waals surface area contributed by atoms with Crippen LogP contribution in [0.4, 0.5) is 0 Å². The molecule has 0 aromatic carbocycles. The van der Waals surface area contributed by atoms with Crippen LogP contribution in [0.2, 0.25) is 0 Å². The Morgan fingerprint density at radius 2 is 1.27 bits per heavy atom. The predicted molar refractivity (Wildman–Crippen MR) is 98.2 cm³/mol. The van der Waals surface area contributed by atoms with E-state index >= 15 is 0 Å². The van der Waals surface area contributed by atoms with Crippen LogP contribution < -0.4 is 0 Å². The molecule has 1 aliphatic carbocycles. The fourth-order valence-corrected chi connectivity index (χ4v) is 3.96. The van der Waals surface area contributed by atoms with Crippen molar-refractivity contribution in [1.82, 2.24) is 0 Å². The van der Waals surface area contributed by atoms with Crippen molar-refractivity contribution in [2.45, 2.75) is 106 Å². The lowest BCUT2D eigenvalue weighted by Crippen LogP contribution is -2.45. The summed E-state index contributed by atoms with van der Waals surface area (Å²) < 4.78 is 6.61. The third kappa shape index (κ3) is 5.55. The second-order valence-electron chi connectivity index (χ2n) is 10.8. The van der Waals surface area contributed by atoms with E-state index in [9.17, 15) is 0 Å². The molecule has 1 fully saturated rings. The molecule has 0 amide bonds. The van der Waals surface area contributed by atoms with Gasteiger partial charge in [0.2, 0.25) is 0 Å². The minimum Gasteiger partial charge on any atom is -0.375 e. The summed E-state index contributed by atoms with van der Waals surface area (Å²) in [6.07, 6.45) is 8.07. The molecule has 0 radical (unpaired) electrons. The lowest BCUT2D eigenvalue weighted by molar-refractivity contribution is -0.130. The Morgan fingerprint density at radius 1 is 0.773 bits per heavy atom. The molecule has 1 heteroatoms. The molecule has 0 heterocycles. The molecular weight excluding hydrogens is 268 g/mol. The van der Waals surface area contributed by atoms with Crippen LogP contribution >= 0.6 is 0 Å². The molecule has 132 valence electrons. The Morgan fingerprint density at radius 3 is 1.68 bits per heavy atom. The second-order valence-corrected chi connectivity index (χ2v) is 10.8. The van der Waals surface area contributed by atoms with E-state index in [0.29, 0.717) is 5.41 Å². The summed E-state index contributed by atoms with van der Waals surface area (Å²) in [6, 6.07) is 0. The average molecular weight is 311 g/mol. The molecule has 1 saturated carbocycles. The van der Waals surface area contributed by atoms with Crippen LogP contribution in [0, 0.1) is 22.2 Å². The van der Waals surface area contributed by atoms with Crippen LogP contribution in [0.3, 0.4) is 0 Å². The van der Waals surface area contributed by atoms with Crippen molar-refractivity contribution in [3.63, 3.8) is 0 Å². The quantitative estimate of drug-likeness (QED) is 0.539. The molecule has 0 saturated heterocycles. The summed E-state index contributed by atoms with van der Waals surface area (Å²) in [6.45, 7) is 22.1. The van der Waals surface area contributed by atoms with E-state index in [1.54, 1.807) is 0 Å². The molecule has 0 aromatic heterocycles. The molecule has 22 heavy (non-hydrogen) atoms. The molecule has 1 rings (SSSR count). The van der Waals surface area contributed by atoms with Gasteiger partial charge in [-0.2, -0.15) is 0 Å². The smallest absolute Gasteiger partial charge is 0.0654 e. The summed E-state index contributed by atoms with van der Waals surface area (Å²) in [5, 5.41) is 0. The molecule has 0 aliphatic heterocycles. The van der Waals surface area contributed by atoms with E-state index in [-0.39, 0.29) is 16.4 Å². The third-order valence-electron chi connectivity index (χ3n) is 6.08. The van der Waals surface area contributed by atoms with E-state index < -0.39 is 0 Å². The van der Waals surface area contributed by atoms with Crippen molar-refractivity contribution >= 4 is 0 Å². The van der Waals surface area contributed by atoms with E-state index in [0.717, 1.165) is 12.5 Å². The number of hydrogen-bond acceptors (Lipinski definition) is 1. The summed E-state index contributed by atoms with van der Waals surface area (Å²) in [5.74, 6) is 0.736. The Balaban J connectivity index is 2.78. The maximum absolute atomic E-state index is 6.61. The first-order valence-electron chi connectivity index (χ1n) is 9.41. The highest BCUT2D eigenvalue weighted by Crippen LogP contribution is 2.48. The summed E-state index contributed by atoms with van der Waals surface area (Å²) in [4.78, 5) is 0. The zero-order valence-corrected chi connectivity index (χ0v) is 16.9. The van der Waals surface area contributed by atoms with Crippen molar-refractivity contribution in [3.8, 4) is 0 Å². The van der Waals surface area contributed by atoms with Crippen molar-refractivity contribution in [2.24, 2.45) is 22.2 Å². The van der Waals surface area contributed by atoms with Gasteiger partial charge in [-0.3, -0.25) is 0 Å². The zero-order valence-electron chi connectivity index (χ0n) is 16.9. The lowest BCUT2D eigenvalue weighted by Gasteiger charge is -2.48. The first-order valence-corrected chi connectivity index (χ1v) is 9.41. The molecule has 1 aliphatic rings. The van der Waals surface area contributed by atoms with Gasteiger partial charge in [-0.1, -0.05) is 67.7 Å². The predicted octanol–water partition coefficient (Wildman–Crippen LogP) is 6.85. The van der Waals surface area contributed by atoms with Gasteiger partial charge >= 0.3 is 0 Å². The Labute approximate surface area is 140 Å². The van der Waals surface area contributed by atoms with Gasteiger partial charge in [0, 0.05) is 0 Å². The normalized spacial score (nSPS) is 21.7. The molecular formula is C21H42O. The van der Waals surface area contributed by atoms with E-state index in [1.165, 1.54) is 38.5 Å². The van der Waals surface area contributed by atoms with Crippen LogP contribution in [0.5, 0.6) is 0 Å². The van der Waals surface area contributed by atoms with E-state index in [4.69, 9.17) is 4.74 Å². The molecule has 1 atom stereocenters. The maximum atomic E-state index is 6.61. The monoisotopic (exact) mass is 310 g/mol.